The molecule has 3 nitrogen and oxygen atoms in total. The van der Waals surface area contributed by atoms with Gasteiger partial charge >= 0.3 is 7.12 Å². The standard InChI is InChI=1S/C12H11BClNO2/c14-11-6-8-12(9-7-11)15-17-13(16)10-4-2-1-3-5-10/h1-9,15-16H. The highest BCUT2D eigenvalue weighted by Gasteiger charge is 2.15. The van der Waals surface area contributed by atoms with Gasteiger partial charge in [-0.3, -0.25) is 10.2 Å². The number of nitrogens with one attached hydrogen (secondary N) is 1. The maximum atomic E-state index is 9.73. The van der Waals surface area contributed by atoms with Crippen molar-refractivity contribution in [2.24, 2.45) is 0 Å². The zero-order valence-electron chi connectivity index (χ0n) is 9.01. The summed E-state index contributed by atoms with van der Waals surface area (Å²) in [5, 5.41) is 10.4. The van der Waals surface area contributed by atoms with E-state index < -0.39 is 7.12 Å². The molecular formula is C12H11BClNO2. The molecule has 2 aromatic carbocycles. The van der Waals surface area contributed by atoms with Crippen LogP contribution in [0.3, 0.4) is 0 Å². The fraction of sp³-hybridized carbons (Fsp3) is 0. The Morgan fingerprint density at radius 3 is 2.29 bits per heavy atom. The number of benzene rings is 2. The normalized spacial score (nSPS) is 10.0. The van der Waals surface area contributed by atoms with E-state index in [2.05, 4.69) is 5.48 Å². The summed E-state index contributed by atoms with van der Waals surface area (Å²) in [7, 11) is -1.01. The van der Waals surface area contributed by atoms with Crippen LogP contribution in [0.5, 0.6) is 0 Å². The van der Waals surface area contributed by atoms with E-state index in [0.29, 0.717) is 10.5 Å². The number of rotatable bonds is 4. The van der Waals surface area contributed by atoms with E-state index in [0.717, 1.165) is 5.69 Å². The quantitative estimate of drug-likeness (QED) is 0.642. The maximum Gasteiger partial charge on any atom is 0.514 e. The Morgan fingerprint density at radius 2 is 1.65 bits per heavy atom. The third-order valence-electron chi connectivity index (χ3n) is 2.22. The molecule has 0 aromatic heterocycles. The van der Waals surface area contributed by atoms with E-state index >= 15 is 0 Å². The van der Waals surface area contributed by atoms with Crippen LogP contribution in [0.25, 0.3) is 0 Å². The molecule has 0 spiro atoms. The van der Waals surface area contributed by atoms with E-state index in [-0.39, 0.29) is 0 Å². The molecule has 5 heteroatoms. The highest BCUT2D eigenvalue weighted by Crippen LogP contribution is 2.13. The molecule has 0 radical (unpaired) electrons. The van der Waals surface area contributed by atoms with Gasteiger partial charge in [-0.1, -0.05) is 41.9 Å². The molecule has 0 heterocycles. The van der Waals surface area contributed by atoms with Crippen LogP contribution in [0.15, 0.2) is 54.6 Å². The molecule has 0 saturated carbocycles. The van der Waals surface area contributed by atoms with Gasteiger partial charge in [-0.15, -0.1) is 0 Å². The Labute approximate surface area is 105 Å². The summed E-state index contributed by atoms with van der Waals surface area (Å²) in [4.78, 5) is 0. The van der Waals surface area contributed by atoms with Crippen molar-refractivity contribution >= 4 is 29.9 Å². The smallest absolute Gasteiger partial charge is 0.422 e. The monoisotopic (exact) mass is 247 g/mol. The number of anilines is 1. The molecule has 0 atom stereocenters. The molecule has 2 rings (SSSR count). The molecule has 86 valence electrons. The molecule has 17 heavy (non-hydrogen) atoms. The van der Waals surface area contributed by atoms with Gasteiger partial charge in [-0.05, 0) is 29.7 Å². The summed E-state index contributed by atoms with van der Waals surface area (Å²) in [6, 6.07) is 16.1. The Balaban J connectivity index is 1.92. The second kappa shape index (κ2) is 5.73. The van der Waals surface area contributed by atoms with Crippen LogP contribution in [0.4, 0.5) is 5.69 Å². The number of hydrogen-bond donors (Lipinski definition) is 2. The van der Waals surface area contributed by atoms with Crippen LogP contribution in [-0.2, 0) is 4.76 Å². The lowest BCUT2D eigenvalue weighted by molar-refractivity contribution is 0.335. The minimum atomic E-state index is -1.01. The lowest BCUT2D eigenvalue weighted by Gasteiger charge is -2.10. The van der Waals surface area contributed by atoms with Gasteiger partial charge in [0.1, 0.15) is 0 Å². The van der Waals surface area contributed by atoms with Crippen molar-refractivity contribution in [3.63, 3.8) is 0 Å². The summed E-state index contributed by atoms with van der Waals surface area (Å²) in [5.41, 5.74) is 4.08. The third kappa shape index (κ3) is 3.49. The van der Waals surface area contributed by atoms with Gasteiger partial charge in [-0.25, -0.2) is 0 Å². The topological polar surface area (TPSA) is 41.5 Å². The first kappa shape index (κ1) is 12.0. The van der Waals surface area contributed by atoms with Gasteiger partial charge in [0.15, 0.2) is 0 Å². The Bertz CT molecular complexity index is 464. The van der Waals surface area contributed by atoms with Gasteiger partial charge in [0.2, 0.25) is 0 Å². The fourth-order valence-corrected chi connectivity index (χ4v) is 1.45. The summed E-state index contributed by atoms with van der Waals surface area (Å²) >= 11 is 5.75. The first-order valence-electron chi connectivity index (χ1n) is 5.16. The van der Waals surface area contributed by atoms with E-state index in [9.17, 15) is 5.02 Å². The van der Waals surface area contributed by atoms with Crippen molar-refractivity contribution in [1.29, 1.82) is 0 Å². The molecule has 0 bridgehead atoms. The Hall–Kier alpha value is -1.49. The second-order valence-corrected chi connectivity index (χ2v) is 3.93. The molecule has 0 fully saturated rings. The predicted molar refractivity (Wildman–Crippen MR) is 70.2 cm³/mol. The first-order chi connectivity index (χ1) is 8.25. The van der Waals surface area contributed by atoms with Gasteiger partial charge in [0.05, 0.1) is 5.69 Å². The molecule has 2 aromatic rings. The van der Waals surface area contributed by atoms with Crippen molar-refractivity contribution in [2.75, 3.05) is 5.48 Å². The third-order valence-corrected chi connectivity index (χ3v) is 2.47. The van der Waals surface area contributed by atoms with Gasteiger partial charge < -0.3 is 5.02 Å². The zero-order chi connectivity index (χ0) is 12.1. The van der Waals surface area contributed by atoms with Crippen LogP contribution in [0, 0.1) is 0 Å². The highest BCUT2D eigenvalue weighted by molar-refractivity contribution is 6.60. The SMILES string of the molecule is OB(ONc1ccc(Cl)cc1)c1ccccc1. The summed E-state index contributed by atoms with van der Waals surface area (Å²) < 4.78 is 5.12. The lowest BCUT2D eigenvalue weighted by Crippen LogP contribution is -2.35. The van der Waals surface area contributed by atoms with Crippen LogP contribution in [0.1, 0.15) is 0 Å². The Kier molecular flexibility index (Phi) is 4.04. The molecule has 0 unspecified atom stereocenters. The molecule has 0 amide bonds. The van der Waals surface area contributed by atoms with Crippen molar-refractivity contribution in [3.8, 4) is 0 Å². The van der Waals surface area contributed by atoms with Gasteiger partial charge in [0.25, 0.3) is 0 Å². The number of hydrogen-bond acceptors (Lipinski definition) is 3. The second-order valence-electron chi connectivity index (χ2n) is 3.49. The molecule has 0 aliphatic rings. The molecule has 0 aliphatic heterocycles. The molecular weight excluding hydrogens is 236 g/mol. The zero-order valence-corrected chi connectivity index (χ0v) is 9.76. The van der Waals surface area contributed by atoms with Crippen molar-refractivity contribution in [3.05, 3.63) is 59.6 Å². The van der Waals surface area contributed by atoms with Crippen LogP contribution in [0.2, 0.25) is 5.02 Å². The van der Waals surface area contributed by atoms with Crippen LogP contribution >= 0.6 is 11.6 Å². The minimum Gasteiger partial charge on any atom is -0.422 e. The average Bonchev–Trinajstić information content (AvgIpc) is 2.39. The Morgan fingerprint density at radius 1 is 1.00 bits per heavy atom. The molecule has 0 aliphatic carbocycles. The minimum absolute atomic E-state index is 0.652. The maximum absolute atomic E-state index is 9.73. The van der Waals surface area contributed by atoms with Crippen LogP contribution in [-0.4, -0.2) is 12.1 Å². The summed E-state index contributed by atoms with van der Waals surface area (Å²) in [6.07, 6.45) is 0. The van der Waals surface area contributed by atoms with Gasteiger partial charge in [0, 0.05) is 5.02 Å². The van der Waals surface area contributed by atoms with Gasteiger partial charge in [-0.2, -0.15) is 0 Å². The van der Waals surface area contributed by atoms with Crippen LogP contribution < -0.4 is 10.9 Å². The molecule has 2 N–H and O–H groups in total. The molecule has 0 saturated heterocycles. The van der Waals surface area contributed by atoms with Crippen molar-refractivity contribution < 1.29 is 9.78 Å². The van der Waals surface area contributed by atoms with E-state index in [1.54, 1.807) is 36.4 Å². The average molecular weight is 247 g/mol. The summed E-state index contributed by atoms with van der Waals surface area (Å²) in [6.45, 7) is 0. The fourth-order valence-electron chi connectivity index (χ4n) is 1.33. The van der Waals surface area contributed by atoms with E-state index in [4.69, 9.17) is 16.4 Å². The first-order valence-corrected chi connectivity index (χ1v) is 5.54. The van der Waals surface area contributed by atoms with E-state index in [1.165, 1.54) is 0 Å². The number of halogens is 1. The van der Waals surface area contributed by atoms with E-state index in [1.807, 2.05) is 18.2 Å². The van der Waals surface area contributed by atoms with Crippen molar-refractivity contribution in [2.45, 2.75) is 0 Å². The predicted octanol–water partition coefficient (Wildman–Crippen LogP) is 2.07. The van der Waals surface area contributed by atoms with Crippen molar-refractivity contribution in [1.82, 2.24) is 0 Å². The lowest BCUT2D eigenvalue weighted by atomic mass is 9.80. The largest absolute Gasteiger partial charge is 0.514 e. The highest BCUT2D eigenvalue weighted by atomic mass is 35.5. The summed E-state index contributed by atoms with van der Waals surface area (Å²) in [5.74, 6) is 0.